The number of nitrogens with zero attached hydrogens (tertiary/aromatic N) is 2. The van der Waals surface area contributed by atoms with Gasteiger partial charge in [-0.15, -0.1) is 0 Å². The van der Waals surface area contributed by atoms with Gasteiger partial charge in [0.25, 0.3) is 0 Å². The maximum atomic E-state index is 11.1. The van der Waals surface area contributed by atoms with Gasteiger partial charge >= 0.3 is 80.3 Å². The van der Waals surface area contributed by atoms with Gasteiger partial charge in [-0.1, -0.05) is 0 Å². The molecule has 1 rings (SSSR count). The minimum absolute atomic E-state index is 0.148. The third-order valence-electron chi connectivity index (χ3n) is 1.11. The fourth-order valence-electron chi connectivity index (χ4n) is 0.617. The van der Waals surface area contributed by atoms with E-state index in [0.29, 0.717) is 8.72 Å². The molecule has 0 fully saturated rings. The molecule has 1 aromatic rings. The van der Waals surface area contributed by atoms with Crippen molar-refractivity contribution >= 4 is 17.3 Å². The first-order chi connectivity index (χ1) is 5.15. The van der Waals surface area contributed by atoms with Crippen molar-refractivity contribution < 1.29 is 21.0 Å². The fourth-order valence-corrected chi connectivity index (χ4v) is 2.11. The zero-order chi connectivity index (χ0) is 8.43. The van der Waals surface area contributed by atoms with E-state index in [1.807, 2.05) is 0 Å². The Hall–Kier alpha value is -0.0351. The minimum atomic E-state index is -0.704. The Morgan fingerprint density at radius 3 is 3.00 bits per heavy atom. The Morgan fingerprint density at radius 1 is 1.82 bits per heavy atom. The van der Waals surface area contributed by atoms with Crippen LogP contribution in [0.3, 0.4) is 0 Å². The van der Waals surface area contributed by atoms with Crippen molar-refractivity contribution in [3.8, 4) is 0 Å². The van der Waals surface area contributed by atoms with Crippen molar-refractivity contribution in [3.63, 3.8) is 0 Å². The molecule has 0 aliphatic carbocycles. The molecule has 0 spiro atoms. The monoisotopic (exact) mass is 281 g/mol. The summed E-state index contributed by atoms with van der Waals surface area (Å²) in [4.78, 5) is 11.1. The van der Waals surface area contributed by atoms with Crippen LogP contribution in [0.4, 0.5) is 0 Å². The van der Waals surface area contributed by atoms with Crippen molar-refractivity contribution in [1.82, 2.24) is 9.78 Å². The van der Waals surface area contributed by atoms with Gasteiger partial charge in [-0.3, -0.25) is 0 Å². The molecule has 0 aromatic carbocycles. The molecule has 0 saturated heterocycles. The molecule has 0 bridgehead atoms. The first-order valence-electron chi connectivity index (χ1n) is 2.72. The van der Waals surface area contributed by atoms with Gasteiger partial charge in [-0.2, -0.15) is 0 Å². The first-order valence-corrected chi connectivity index (χ1v) is 5.42. The van der Waals surface area contributed by atoms with E-state index in [2.05, 4.69) is 5.10 Å². The zero-order valence-electron chi connectivity index (χ0n) is 5.71. The van der Waals surface area contributed by atoms with E-state index in [9.17, 15) is 4.79 Å². The standard InChI is InChI=1S/C5H4BClIN2O/c1-10-5(11)3(8-6)2-4(7)9-10/h2H,1H3/q-1. The second kappa shape index (κ2) is 3.58. The number of hydrogen-bond acceptors (Lipinski definition) is 2. The molecule has 1 aromatic heterocycles. The van der Waals surface area contributed by atoms with Crippen molar-refractivity contribution in [2.45, 2.75) is 0 Å². The third kappa shape index (κ3) is 1.96. The number of rotatable bonds is 1. The SMILES string of the molecule is [B][I-]c1cc(Cl)nn(C)c1=O. The second-order valence-electron chi connectivity index (χ2n) is 1.85. The van der Waals surface area contributed by atoms with Crippen LogP contribution in [-0.2, 0) is 7.05 Å². The zero-order valence-corrected chi connectivity index (χ0v) is 8.63. The van der Waals surface area contributed by atoms with Gasteiger partial charge in [0.05, 0.1) is 0 Å². The fraction of sp³-hybridized carbons (Fsp3) is 0.200. The molecule has 3 nitrogen and oxygen atoms in total. The van der Waals surface area contributed by atoms with E-state index in [0.717, 1.165) is 0 Å². The van der Waals surface area contributed by atoms with E-state index in [-0.39, 0.29) is 5.56 Å². The van der Waals surface area contributed by atoms with Crippen LogP contribution in [-0.4, -0.2) is 15.5 Å². The molecule has 0 atom stereocenters. The Kier molecular flexibility index (Phi) is 2.94. The van der Waals surface area contributed by atoms with Crippen LogP contribution >= 0.6 is 11.6 Å². The Balaban J connectivity index is 3.37. The van der Waals surface area contributed by atoms with Crippen molar-refractivity contribution in [2.24, 2.45) is 7.05 Å². The summed E-state index contributed by atoms with van der Waals surface area (Å²) in [5.74, 6) is 0. The predicted molar refractivity (Wildman–Crippen MR) is 38.9 cm³/mol. The summed E-state index contributed by atoms with van der Waals surface area (Å²) in [6.45, 7) is 0. The molecule has 0 unspecified atom stereocenters. The van der Waals surface area contributed by atoms with Crippen LogP contribution in [0.1, 0.15) is 0 Å². The van der Waals surface area contributed by atoms with Crippen LogP contribution in [0, 0.1) is 3.57 Å². The van der Waals surface area contributed by atoms with Crippen molar-refractivity contribution in [3.05, 3.63) is 25.1 Å². The Bertz CT molecular complexity index is 327. The van der Waals surface area contributed by atoms with Gasteiger partial charge in [0.2, 0.25) is 0 Å². The molecule has 0 aliphatic rings. The summed E-state index contributed by atoms with van der Waals surface area (Å²) in [5, 5.41) is 4.03. The quantitative estimate of drug-likeness (QED) is 0.401. The topological polar surface area (TPSA) is 34.9 Å². The van der Waals surface area contributed by atoms with Crippen LogP contribution in [0.2, 0.25) is 5.15 Å². The molecule has 2 radical (unpaired) electrons. The molecule has 0 aliphatic heterocycles. The normalized spacial score (nSPS) is 10.4. The van der Waals surface area contributed by atoms with E-state index >= 15 is 0 Å². The molecule has 0 saturated carbocycles. The van der Waals surface area contributed by atoms with Gasteiger partial charge in [-0.25, -0.2) is 0 Å². The molecule has 11 heavy (non-hydrogen) atoms. The molecular formula is C5H4BClIN2O-. The number of halogens is 2. The van der Waals surface area contributed by atoms with Gasteiger partial charge in [0, 0.05) is 0 Å². The van der Waals surface area contributed by atoms with E-state index < -0.39 is 21.0 Å². The summed E-state index contributed by atoms with van der Waals surface area (Å²) in [6, 6.07) is 1.52. The van der Waals surface area contributed by atoms with Crippen LogP contribution in [0.5, 0.6) is 0 Å². The summed E-state index contributed by atoms with van der Waals surface area (Å²) in [5.41, 5.74) is 5.25. The summed E-state index contributed by atoms with van der Waals surface area (Å²) in [7, 11) is 1.55. The number of aromatic nitrogens is 2. The van der Waals surface area contributed by atoms with Crippen LogP contribution in [0.15, 0.2) is 10.9 Å². The van der Waals surface area contributed by atoms with E-state index in [1.165, 1.54) is 10.7 Å². The molecule has 6 heteroatoms. The molecule has 1 heterocycles. The average molecular weight is 281 g/mol. The van der Waals surface area contributed by atoms with Crippen molar-refractivity contribution in [2.75, 3.05) is 0 Å². The molecule has 0 N–H and O–H groups in total. The molecular weight excluding hydrogens is 277 g/mol. The maximum absolute atomic E-state index is 11.1. The Labute approximate surface area is 80.2 Å². The van der Waals surface area contributed by atoms with Crippen LogP contribution in [0.25, 0.3) is 0 Å². The first kappa shape index (κ1) is 9.06. The average Bonchev–Trinajstić information content (AvgIpc) is 1.96. The number of hydrogen-bond donors (Lipinski definition) is 0. The van der Waals surface area contributed by atoms with Crippen LogP contribution < -0.4 is 26.5 Å². The van der Waals surface area contributed by atoms with Crippen molar-refractivity contribution in [1.29, 1.82) is 0 Å². The summed E-state index contributed by atoms with van der Waals surface area (Å²) < 4.78 is 1.79. The van der Waals surface area contributed by atoms with E-state index in [4.69, 9.17) is 17.3 Å². The van der Waals surface area contributed by atoms with E-state index in [1.54, 1.807) is 7.05 Å². The predicted octanol–water partition coefficient (Wildman–Crippen LogP) is -3.22. The summed E-state index contributed by atoms with van der Waals surface area (Å²) in [6.07, 6.45) is 0. The molecule has 0 amide bonds. The second-order valence-corrected chi connectivity index (χ2v) is 4.03. The van der Waals surface area contributed by atoms with Gasteiger partial charge < -0.3 is 0 Å². The van der Waals surface area contributed by atoms with Gasteiger partial charge in [0.15, 0.2) is 0 Å². The molecule has 58 valence electrons. The number of aryl methyl sites for hydroxylation is 1. The third-order valence-corrected chi connectivity index (χ3v) is 2.74. The Morgan fingerprint density at radius 2 is 2.45 bits per heavy atom. The summed E-state index contributed by atoms with van der Waals surface area (Å²) >= 11 is 4.89. The van der Waals surface area contributed by atoms with Gasteiger partial charge in [-0.05, 0) is 0 Å². The van der Waals surface area contributed by atoms with Gasteiger partial charge in [0.1, 0.15) is 0 Å².